The minimum Gasteiger partial charge on any atom is -0.475 e. The number of amides is 2. The zero-order chi connectivity index (χ0) is 25.5. The Hall–Kier alpha value is -2.78. The molecule has 2 amide bonds. The van der Waals surface area contributed by atoms with Gasteiger partial charge in [0, 0.05) is 25.4 Å². The SMILES string of the molecule is COCCCc1cc(Cl)c(Cl)cc1NC(=O)Nc1c(C)c(OCC2CCCN2)nn1-c1ccccc1. The van der Waals surface area contributed by atoms with Crippen molar-refractivity contribution >= 4 is 40.7 Å². The van der Waals surface area contributed by atoms with Crippen molar-refractivity contribution in [3.8, 4) is 11.6 Å². The average Bonchev–Trinajstić information content (AvgIpc) is 3.50. The first-order valence-electron chi connectivity index (χ1n) is 12.0. The minimum atomic E-state index is -0.425. The van der Waals surface area contributed by atoms with Crippen molar-refractivity contribution in [3.05, 3.63) is 63.6 Å². The zero-order valence-electron chi connectivity index (χ0n) is 20.4. The number of carbonyl (C=O) groups excluding carboxylic acids is 1. The van der Waals surface area contributed by atoms with Gasteiger partial charge in [0.05, 0.1) is 21.3 Å². The Morgan fingerprint density at radius 2 is 1.97 bits per heavy atom. The minimum absolute atomic E-state index is 0.303. The highest BCUT2D eigenvalue weighted by Crippen LogP contribution is 2.32. The van der Waals surface area contributed by atoms with E-state index in [0.29, 0.717) is 53.1 Å². The molecule has 1 saturated heterocycles. The molecule has 10 heteroatoms. The van der Waals surface area contributed by atoms with Crippen LogP contribution in [0.3, 0.4) is 0 Å². The number of urea groups is 1. The number of nitrogens with zero attached hydrogens (tertiary/aromatic N) is 2. The molecule has 0 saturated carbocycles. The van der Waals surface area contributed by atoms with Crippen molar-refractivity contribution < 1.29 is 14.3 Å². The fourth-order valence-corrected chi connectivity index (χ4v) is 4.52. The van der Waals surface area contributed by atoms with E-state index in [1.165, 1.54) is 0 Å². The fourth-order valence-electron chi connectivity index (χ4n) is 4.17. The lowest BCUT2D eigenvalue weighted by atomic mass is 10.1. The van der Waals surface area contributed by atoms with E-state index in [4.69, 9.17) is 32.7 Å². The normalized spacial score (nSPS) is 15.2. The van der Waals surface area contributed by atoms with Crippen LogP contribution in [0.2, 0.25) is 10.0 Å². The number of halogens is 2. The molecule has 1 aliphatic heterocycles. The molecule has 3 aromatic rings. The largest absolute Gasteiger partial charge is 0.475 e. The number of aryl methyl sites for hydroxylation is 1. The number of rotatable bonds is 10. The summed E-state index contributed by atoms with van der Waals surface area (Å²) in [7, 11) is 1.65. The van der Waals surface area contributed by atoms with Crippen LogP contribution in [0.5, 0.6) is 5.88 Å². The number of hydrogen-bond acceptors (Lipinski definition) is 5. The molecular formula is C26H31Cl2N5O3. The smallest absolute Gasteiger partial charge is 0.324 e. The molecule has 1 aliphatic rings. The van der Waals surface area contributed by atoms with Crippen molar-refractivity contribution in [2.75, 3.05) is 37.5 Å². The molecule has 0 bridgehead atoms. The standard InChI is InChI=1S/C26H31Cl2N5O3/c1-17-24(31-26(34)30-23-15-22(28)21(27)14-18(23)8-7-13-35-2)33(20-10-4-3-5-11-20)32-25(17)36-16-19-9-6-12-29-19/h3-5,10-11,14-15,19,29H,6-9,12-13,16H2,1-2H3,(H2,30,31,34). The second kappa shape index (κ2) is 12.5. The molecule has 0 spiro atoms. The van der Waals surface area contributed by atoms with Crippen molar-refractivity contribution in [2.45, 2.75) is 38.6 Å². The zero-order valence-corrected chi connectivity index (χ0v) is 22.0. The van der Waals surface area contributed by atoms with E-state index in [1.807, 2.05) is 37.3 Å². The average molecular weight is 532 g/mol. The quantitative estimate of drug-likeness (QED) is 0.286. The molecule has 36 heavy (non-hydrogen) atoms. The van der Waals surface area contributed by atoms with Gasteiger partial charge < -0.3 is 20.1 Å². The molecule has 2 heterocycles. The Bertz CT molecular complexity index is 1180. The fraction of sp³-hybridized carbons (Fsp3) is 0.385. The lowest BCUT2D eigenvalue weighted by Crippen LogP contribution is -2.28. The van der Waals surface area contributed by atoms with Crippen LogP contribution in [0.4, 0.5) is 16.3 Å². The summed E-state index contributed by atoms with van der Waals surface area (Å²) in [6.07, 6.45) is 3.67. The van der Waals surface area contributed by atoms with E-state index in [-0.39, 0.29) is 0 Å². The van der Waals surface area contributed by atoms with Gasteiger partial charge in [-0.05, 0) is 69.0 Å². The van der Waals surface area contributed by atoms with Crippen LogP contribution in [0.25, 0.3) is 5.69 Å². The van der Waals surface area contributed by atoms with Gasteiger partial charge >= 0.3 is 6.03 Å². The number of ether oxygens (including phenoxy) is 2. The monoisotopic (exact) mass is 531 g/mol. The first-order valence-corrected chi connectivity index (χ1v) is 12.8. The van der Waals surface area contributed by atoms with Gasteiger partial charge in [0.25, 0.3) is 0 Å². The highest BCUT2D eigenvalue weighted by atomic mass is 35.5. The first-order chi connectivity index (χ1) is 17.5. The summed E-state index contributed by atoms with van der Waals surface area (Å²) in [6.45, 7) is 4.00. The van der Waals surface area contributed by atoms with Crippen LogP contribution >= 0.6 is 23.2 Å². The number of anilines is 2. The second-order valence-corrected chi connectivity index (χ2v) is 9.54. The van der Waals surface area contributed by atoms with Crippen molar-refractivity contribution in [3.63, 3.8) is 0 Å². The number of benzene rings is 2. The van der Waals surface area contributed by atoms with Gasteiger partial charge in [0.2, 0.25) is 5.88 Å². The second-order valence-electron chi connectivity index (χ2n) is 8.73. The highest BCUT2D eigenvalue weighted by molar-refractivity contribution is 6.42. The predicted molar refractivity (Wildman–Crippen MR) is 144 cm³/mol. The molecule has 1 atom stereocenters. The number of hydrogen-bond donors (Lipinski definition) is 3. The van der Waals surface area contributed by atoms with Crippen LogP contribution in [0, 0.1) is 6.92 Å². The number of methoxy groups -OCH3 is 1. The van der Waals surface area contributed by atoms with Crippen LogP contribution in [-0.2, 0) is 11.2 Å². The van der Waals surface area contributed by atoms with E-state index >= 15 is 0 Å². The highest BCUT2D eigenvalue weighted by Gasteiger charge is 2.22. The van der Waals surface area contributed by atoms with Crippen LogP contribution in [0.15, 0.2) is 42.5 Å². The topological polar surface area (TPSA) is 89.4 Å². The lowest BCUT2D eigenvalue weighted by molar-refractivity contribution is 0.195. The van der Waals surface area contributed by atoms with Crippen LogP contribution < -0.4 is 20.7 Å². The Balaban J connectivity index is 1.56. The van der Waals surface area contributed by atoms with Gasteiger partial charge in [-0.1, -0.05) is 41.4 Å². The summed E-state index contributed by atoms with van der Waals surface area (Å²) in [5.41, 5.74) is 3.00. The summed E-state index contributed by atoms with van der Waals surface area (Å²) in [5, 5.41) is 14.8. The Morgan fingerprint density at radius 1 is 1.19 bits per heavy atom. The molecule has 2 aromatic carbocycles. The molecule has 4 rings (SSSR count). The van der Waals surface area contributed by atoms with E-state index in [2.05, 4.69) is 21.0 Å². The Labute approximate surface area is 221 Å². The summed E-state index contributed by atoms with van der Waals surface area (Å²) in [4.78, 5) is 13.2. The van der Waals surface area contributed by atoms with Gasteiger partial charge in [0.15, 0.2) is 0 Å². The van der Waals surface area contributed by atoms with E-state index in [0.717, 1.165) is 42.6 Å². The van der Waals surface area contributed by atoms with E-state index in [1.54, 1.807) is 23.9 Å². The molecule has 8 nitrogen and oxygen atoms in total. The maximum Gasteiger partial charge on any atom is 0.324 e. The molecule has 1 aromatic heterocycles. The van der Waals surface area contributed by atoms with E-state index in [9.17, 15) is 4.79 Å². The number of carbonyl (C=O) groups is 1. The third-order valence-electron chi connectivity index (χ3n) is 6.08. The molecule has 3 N–H and O–H groups in total. The van der Waals surface area contributed by atoms with Gasteiger partial charge in [-0.3, -0.25) is 5.32 Å². The van der Waals surface area contributed by atoms with Gasteiger partial charge in [0.1, 0.15) is 12.4 Å². The summed E-state index contributed by atoms with van der Waals surface area (Å²) < 4.78 is 12.9. The number of para-hydroxylation sites is 1. The summed E-state index contributed by atoms with van der Waals surface area (Å²) in [5.74, 6) is 1.01. The third-order valence-corrected chi connectivity index (χ3v) is 6.81. The number of aromatic nitrogens is 2. The molecule has 0 radical (unpaired) electrons. The van der Waals surface area contributed by atoms with Gasteiger partial charge in [-0.15, -0.1) is 5.10 Å². The summed E-state index contributed by atoms with van der Waals surface area (Å²) in [6, 6.07) is 12.9. The Morgan fingerprint density at radius 3 is 2.69 bits per heavy atom. The molecular weight excluding hydrogens is 501 g/mol. The van der Waals surface area contributed by atoms with Crippen LogP contribution in [-0.4, -0.2) is 48.7 Å². The van der Waals surface area contributed by atoms with Crippen LogP contribution in [0.1, 0.15) is 30.4 Å². The lowest BCUT2D eigenvalue weighted by Gasteiger charge is -2.15. The van der Waals surface area contributed by atoms with Gasteiger partial charge in [-0.25, -0.2) is 9.48 Å². The first kappa shape index (κ1) is 26.3. The molecule has 1 unspecified atom stereocenters. The maximum absolute atomic E-state index is 13.2. The third kappa shape index (κ3) is 6.50. The van der Waals surface area contributed by atoms with Gasteiger partial charge in [-0.2, -0.15) is 0 Å². The number of nitrogens with one attached hydrogen (secondary N) is 3. The molecule has 192 valence electrons. The Kier molecular flexibility index (Phi) is 9.09. The maximum atomic E-state index is 13.2. The van der Waals surface area contributed by atoms with Crippen molar-refractivity contribution in [2.24, 2.45) is 0 Å². The predicted octanol–water partition coefficient (Wildman–Crippen LogP) is 5.84. The molecule has 1 fully saturated rings. The molecule has 0 aliphatic carbocycles. The van der Waals surface area contributed by atoms with E-state index < -0.39 is 6.03 Å². The van der Waals surface area contributed by atoms with Crippen molar-refractivity contribution in [1.82, 2.24) is 15.1 Å². The van der Waals surface area contributed by atoms with Crippen molar-refractivity contribution in [1.29, 1.82) is 0 Å². The summed E-state index contributed by atoms with van der Waals surface area (Å²) >= 11 is 12.5.